The average Bonchev–Trinajstić information content (AvgIpc) is 4.06. The molecule has 6 rings (SSSR count). The Kier molecular flexibility index (Phi) is 20.1. The van der Waals surface area contributed by atoms with Crippen LogP contribution in [0, 0.1) is 0 Å². The Morgan fingerprint density at radius 2 is 1.55 bits per heavy atom. The van der Waals surface area contributed by atoms with Crippen molar-refractivity contribution in [3.8, 4) is 0 Å². The zero-order valence-corrected chi connectivity index (χ0v) is 41.7. The third-order valence-corrected chi connectivity index (χ3v) is 13.1. The normalized spacial score (nSPS) is 21.9. The summed E-state index contributed by atoms with van der Waals surface area (Å²) in [7, 11) is 0. The Labute approximate surface area is 432 Å². The number of benzene rings is 2. The van der Waals surface area contributed by atoms with Gasteiger partial charge < -0.3 is 74.4 Å². The maximum absolute atomic E-state index is 15.2. The number of imidazole rings is 1. The Hall–Kier alpha value is -8.51. The van der Waals surface area contributed by atoms with E-state index in [1.165, 1.54) is 17.4 Å². The van der Waals surface area contributed by atoms with Crippen molar-refractivity contribution in [2.24, 2.45) is 22.2 Å². The summed E-state index contributed by atoms with van der Waals surface area (Å²) >= 11 is 0. The first kappa shape index (κ1) is 55.8. The number of nitrogens with one attached hydrogen (secondary N) is 9. The number of nitrogens with two attached hydrogens (primary N) is 3. The fraction of sp³-hybridized carbons (Fsp3) is 0.460. The summed E-state index contributed by atoms with van der Waals surface area (Å²) in [6.45, 7) is 1.80. The van der Waals surface area contributed by atoms with Crippen molar-refractivity contribution in [2.75, 3.05) is 13.1 Å². The molecule has 0 spiro atoms. The first-order valence-electron chi connectivity index (χ1n) is 25.0. The number of carboxylic acids is 1. The molecule has 25 heteroatoms. The number of urea groups is 1. The first-order chi connectivity index (χ1) is 36.0. The van der Waals surface area contributed by atoms with Gasteiger partial charge in [-0.15, -0.1) is 0 Å². The van der Waals surface area contributed by atoms with Crippen molar-refractivity contribution in [2.45, 2.75) is 133 Å². The van der Waals surface area contributed by atoms with E-state index in [2.05, 4.69) is 57.2 Å². The van der Waals surface area contributed by atoms with Crippen LogP contribution < -0.4 is 54.4 Å². The first-order valence-corrected chi connectivity index (χ1v) is 25.0. The van der Waals surface area contributed by atoms with Crippen LogP contribution in [0.25, 0.3) is 10.9 Å². The van der Waals surface area contributed by atoms with Gasteiger partial charge in [0.15, 0.2) is 5.96 Å². The van der Waals surface area contributed by atoms with E-state index < -0.39 is 102 Å². The van der Waals surface area contributed by atoms with Gasteiger partial charge in [-0.3, -0.25) is 38.6 Å². The molecule has 1 saturated heterocycles. The fourth-order valence-corrected chi connectivity index (χ4v) is 9.14. The molecule has 7 atom stereocenters. The Balaban J connectivity index is 1.40. The van der Waals surface area contributed by atoms with Crippen LogP contribution in [-0.2, 0) is 64.2 Å². The number of hydrogen-bond acceptors (Lipinski definition) is 11. The molecule has 9 amide bonds. The van der Waals surface area contributed by atoms with Crippen LogP contribution in [0.1, 0.15) is 87.1 Å². The number of carbonyl (C=O) groups excluding carboxylic acids is 8. The highest BCUT2D eigenvalue weighted by Gasteiger charge is 2.41. The fourth-order valence-electron chi connectivity index (χ4n) is 9.14. The lowest BCUT2D eigenvalue weighted by Gasteiger charge is -2.39. The molecule has 0 aliphatic carbocycles. The van der Waals surface area contributed by atoms with Gasteiger partial charge in [0.2, 0.25) is 41.4 Å². The van der Waals surface area contributed by atoms with Crippen LogP contribution in [-0.4, -0.2) is 140 Å². The smallest absolute Gasteiger partial charge is 0.326 e. The molecule has 0 bridgehead atoms. The summed E-state index contributed by atoms with van der Waals surface area (Å²) in [5.41, 5.74) is 19.8. The van der Waals surface area contributed by atoms with Gasteiger partial charge in [-0.2, -0.15) is 0 Å². The van der Waals surface area contributed by atoms with E-state index in [4.69, 9.17) is 17.2 Å². The maximum Gasteiger partial charge on any atom is 0.326 e. The van der Waals surface area contributed by atoms with Gasteiger partial charge in [-0.25, -0.2) is 14.6 Å². The molecule has 25 nitrogen and oxygen atoms in total. The lowest BCUT2D eigenvalue weighted by atomic mass is 9.92. The van der Waals surface area contributed by atoms with E-state index in [9.17, 15) is 43.5 Å². The second-order valence-electron chi connectivity index (χ2n) is 18.6. The number of amides is 9. The number of primary amides is 1. The lowest BCUT2D eigenvalue weighted by Crippen LogP contribution is -2.62. The number of aromatic amines is 2. The van der Waals surface area contributed by atoms with Gasteiger partial charge in [-0.05, 0) is 61.3 Å². The minimum atomic E-state index is -1.63. The van der Waals surface area contributed by atoms with Crippen LogP contribution in [0.3, 0.4) is 0 Å². The molecule has 2 aliphatic rings. The molecule has 0 unspecified atom stereocenters. The van der Waals surface area contributed by atoms with E-state index in [1.54, 1.807) is 36.5 Å². The molecule has 1 fully saturated rings. The number of guanidine groups is 1. The molecule has 402 valence electrons. The Morgan fingerprint density at radius 1 is 0.827 bits per heavy atom. The van der Waals surface area contributed by atoms with Crippen molar-refractivity contribution in [1.82, 2.24) is 57.1 Å². The minimum Gasteiger partial charge on any atom is -0.480 e. The van der Waals surface area contributed by atoms with Gasteiger partial charge in [-0.1, -0.05) is 62.2 Å². The minimum absolute atomic E-state index is 0.00658. The number of para-hydroxylation sites is 1. The molecule has 2 aliphatic heterocycles. The van der Waals surface area contributed by atoms with Crippen LogP contribution in [0.4, 0.5) is 4.79 Å². The quantitative estimate of drug-likeness (QED) is 0.0391. The molecular formula is C50H67N15O10. The highest BCUT2D eigenvalue weighted by Crippen LogP contribution is 2.26. The molecule has 0 saturated carbocycles. The summed E-state index contributed by atoms with van der Waals surface area (Å²) in [6.07, 6.45) is 5.23. The predicted octanol–water partition coefficient (Wildman–Crippen LogP) is -0.891. The van der Waals surface area contributed by atoms with Gasteiger partial charge in [0.1, 0.15) is 42.3 Å². The van der Waals surface area contributed by atoms with Crippen molar-refractivity contribution >= 4 is 70.2 Å². The third kappa shape index (κ3) is 16.0. The molecule has 16 N–H and O–H groups in total. The molecule has 4 aromatic rings. The Morgan fingerprint density at radius 3 is 2.27 bits per heavy atom. The van der Waals surface area contributed by atoms with Crippen LogP contribution in [0.2, 0.25) is 0 Å². The van der Waals surface area contributed by atoms with E-state index in [1.807, 2.05) is 25.1 Å². The lowest BCUT2D eigenvalue weighted by molar-refractivity contribution is -0.145. The number of aliphatic imine (C=N–C) groups is 1. The predicted molar refractivity (Wildman–Crippen MR) is 273 cm³/mol. The molecule has 4 heterocycles. The summed E-state index contributed by atoms with van der Waals surface area (Å²) in [6, 6.07) is 3.70. The van der Waals surface area contributed by atoms with Crippen molar-refractivity contribution in [3.05, 3.63) is 89.6 Å². The molecule has 2 aromatic carbocycles. The Bertz CT molecular complexity index is 2710. The van der Waals surface area contributed by atoms with Crippen molar-refractivity contribution in [1.29, 1.82) is 0 Å². The molecule has 75 heavy (non-hydrogen) atoms. The van der Waals surface area contributed by atoms with Crippen LogP contribution in [0.5, 0.6) is 0 Å². The van der Waals surface area contributed by atoms with Gasteiger partial charge in [0, 0.05) is 67.9 Å². The van der Waals surface area contributed by atoms with E-state index in [0.717, 1.165) is 16.5 Å². The zero-order chi connectivity index (χ0) is 54.0. The maximum atomic E-state index is 15.2. The number of aromatic nitrogens is 3. The number of carboxylic acid groups (broad SMARTS) is 1. The van der Waals surface area contributed by atoms with Crippen molar-refractivity contribution < 1.29 is 48.3 Å². The highest BCUT2D eigenvalue weighted by atomic mass is 16.4. The van der Waals surface area contributed by atoms with E-state index in [0.29, 0.717) is 29.7 Å². The average molecular weight is 1040 g/mol. The second kappa shape index (κ2) is 27.0. The molecular weight excluding hydrogens is 971 g/mol. The number of H-pyrrole nitrogens is 2. The number of nitrogens with zero attached hydrogens (tertiary/aromatic N) is 3. The summed E-state index contributed by atoms with van der Waals surface area (Å²) in [4.78, 5) is 141. The number of fused-ring (bicyclic) bond motifs is 3. The summed E-state index contributed by atoms with van der Waals surface area (Å²) in [5, 5.41) is 29.6. The zero-order valence-electron chi connectivity index (χ0n) is 41.7. The number of aliphatic carboxylic acids is 1. The topological polar surface area (TPSA) is 396 Å². The van der Waals surface area contributed by atoms with E-state index >= 15 is 4.79 Å². The number of carbonyl (C=O) groups is 9. The summed E-state index contributed by atoms with van der Waals surface area (Å²) in [5.74, 6) is -7.17. The van der Waals surface area contributed by atoms with Gasteiger partial charge in [0.05, 0.1) is 12.7 Å². The number of rotatable bonds is 15. The molecule has 0 radical (unpaired) electrons. The third-order valence-electron chi connectivity index (χ3n) is 13.1. The molecule has 2 aromatic heterocycles. The van der Waals surface area contributed by atoms with Gasteiger partial charge >= 0.3 is 12.0 Å². The number of hydrogen-bond donors (Lipinski definition) is 13. The number of unbranched alkanes of at least 4 members (excludes halogenated alkanes) is 1. The largest absolute Gasteiger partial charge is 0.480 e. The monoisotopic (exact) mass is 1040 g/mol. The van der Waals surface area contributed by atoms with Crippen LogP contribution in [0.15, 0.2) is 72.2 Å². The van der Waals surface area contributed by atoms with Crippen LogP contribution >= 0.6 is 0 Å². The van der Waals surface area contributed by atoms with Crippen molar-refractivity contribution in [3.63, 3.8) is 0 Å². The SMILES string of the molecule is CCCC[C@H](NC(N)=O)C(=O)N[C@H]1CC(=O)NCCCC[C@@H](C(=O)O)NC(=O)[C@H](Cc2c[nH]c3ccccc23)NC(=O)[C@H](CCCN=C(N)N)NC(=O)[C@H]2Cc3ccccc3CN2C(=O)[C@H](Cc2cnc[nH]2)NC1=O. The van der Waals surface area contributed by atoms with Gasteiger partial charge in [0.25, 0.3) is 0 Å². The van der Waals surface area contributed by atoms with E-state index in [-0.39, 0.29) is 83.4 Å². The standard InChI is InChI=1S/C50H67N15O10/c1-2-3-14-35(64-50(53)75)43(68)62-38-23-41(66)55-18-9-8-16-36(48(73)74)60-44(69)37(20-30-24-57-33-15-7-6-13-32(30)33)61-42(67)34(17-10-19-56-49(51)52)59-46(71)40-21-28-11-4-5-12-29(28)26-65(40)47(72)39(63-45(38)70)22-31-25-54-27-58-31/h4-7,11-13,15,24-25,27,34-40,57H,2-3,8-10,14,16-23,26H2,1H3,(H,54,58)(H,55,66)(H,59,71)(H,60,69)(H,61,67)(H,62,68)(H,63,70)(H,73,74)(H4,51,52,56)(H3,53,64,75)/t34-,35-,36-,37-,38-,39-,40+/m0/s1. The highest BCUT2D eigenvalue weighted by molar-refractivity contribution is 5.99. The second-order valence-corrected chi connectivity index (χ2v) is 18.6. The summed E-state index contributed by atoms with van der Waals surface area (Å²) < 4.78 is 0.